The van der Waals surface area contributed by atoms with Crippen molar-refractivity contribution in [3.05, 3.63) is 44.6 Å². The third kappa shape index (κ3) is 7.90. The largest absolute Gasteiger partial charge is 0.397 e. The number of urea groups is 1. The van der Waals surface area contributed by atoms with Gasteiger partial charge in [0.1, 0.15) is 0 Å². The Morgan fingerprint density at radius 1 is 0.979 bits per heavy atom. The molecule has 5 heterocycles. The predicted octanol–water partition coefficient (Wildman–Crippen LogP) is 4.76. The van der Waals surface area contributed by atoms with Crippen molar-refractivity contribution in [3.63, 3.8) is 0 Å². The van der Waals surface area contributed by atoms with Gasteiger partial charge in [0.05, 0.1) is 28.9 Å². The molecule has 0 spiro atoms. The number of likely N-dealkylation sites (tertiary alicyclic amines) is 2. The van der Waals surface area contributed by atoms with Crippen LogP contribution in [0.4, 0.5) is 16.2 Å². The second kappa shape index (κ2) is 15.1. The van der Waals surface area contributed by atoms with Gasteiger partial charge in [-0.1, -0.05) is 24.6 Å². The standard InChI is InChI=1S/C35H50ClN7O3S/c1-3-25-17-24(19-30(36)33(25)37)18-26(34(45)42-13-5-28(6-14-42)40-10-4-9-39(2)15-16-40)20-32(44)41-11-7-29(8-12-41)43-21-27-22-47-23-31(27)38-35(43)46/h17,19,22-23,26,28-29H,3-16,18,20-21,37H2,1-2H3,(H,38,46)/t26-/m0/s1. The number of hydrogen-bond acceptors (Lipinski definition) is 7. The van der Waals surface area contributed by atoms with Crippen molar-refractivity contribution in [3.8, 4) is 0 Å². The lowest BCUT2D eigenvalue weighted by molar-refractivity contribution is -0.143. The van der Waals surface area contributed by atoms with Gasteiger partial charge >= 0.3 is 6.03 Å². The van der Waals surface area contributed by atoms with Crippen LogP contribution in [0.1, 0.15) is 62.1 Å². The van der Waals surface area contributed by atoms with E-state index in [0.717, 1.165) is 93.8 Å². The van der Waals surface area contributed by atoms with E-state index in [1.807, 2.05) is 39.1 Å². The third-order valence-corrected chi connectivity index (χ3v) is 11.9. The molecule has 4 aliphatic heterocycles. The Labute approximate surface area is 288 Å². The topological polar surface area (TPSA) is 105 Å². The summed E-state index contributed by atoms with van der Waals surface area (Å²) in [4.78, 5) is 51.7. The minimum absolute atomic E-state index is 0.00541. The van der Waals surface area contributed by atoms with Gasteiger partial charge in [-0.15, -0.1) is 11.3 Å². The Bertz CT molecular complexity index is 1440. The fraction of sp³-hybridized carbons (Fsp3) is 0.629. The zero-order valence-corrected chi connectivity index (χ0v) is 29.5. The maximum atomic E-state index is 14.2. The molecule has 2 aromatic rings. The number of benzene rings is 1. The number of anilines is 2. The number of nitrogen functional groups attached to an aromatic ring is 1. The van der Waals surface area contributed by atoms with E-state index in [9.17, 15) is 14.4 Å². The van der Waals surface area contributed by atoms with E-state index >= 15 is 0 Å². The number of nitrogens with one attached hydrogen (secondary N) is 1. The summed E-state index contributed by atoms with van der Waals surface area (Å²) in [7, 11) is 2.19. The van der Waals surface area contributed by atoms with Crippen LogP contribution in [0.25, 0.3) is 0 Å². The molecular formula is C35H50ClN7O3S. The number of thiophene rings is 1. The van der Waals surface area contributed by atoms with Gasteiger partial charge in [-0.25, -0.2) is 4.79 Å². The Morgan fingerprint density at radius 2 is 1.70 bits per heavy atom. The highest BCUT2D eigenvalue weighted by atomic mass is 35.5. The Kier molecular flexibility index (Phi) is 11.0. The summed E-state index contributed by atoms with van der Waals surface area (Å²) in [5.74, 6) is -0.409. The van der Waals surface area contributed by atoms with Crippen molar-refractivity contribution in [2.45, 2.75) is 76.9 Å². The lowest BCUT2D eigenvalue weighted by Crippen LogP contribution is -2.52. The molecule has 1 aromatic carbocycles. The van der Waals surface area contributed by atoms with Crippen LogP contribution in [0.15, 0.2) is 22.9 Å². The maximum Gasteiger partial charge on any atom is 0.322 e. The zero-order chi connectivity index (χ0) is 33.1. The highest BCUT2D eigenvalue weighted by Crippen LogP contribution is 2.32. The van der Waals surface area contributed by atoms with Gasteiger partial charge in [0.2, 0.25) is 11.8 Å². The molecule has 10 nitrogen and oxygen atoms in total. The number of nitrogens with zero attached hydrogens (tertiary/aromatic N) is 5. The third-order valence-electron chi connectivity index (χ3n) is 10.8. The minimum Gasteiger partial charge on any atom is -0.397 e. The summed E-state index contributed by atoms with van der Waals surface area (Å²) in [6, 6.07) is 4.43. The summed E-state index contributed by atoms with van der Waals surface area (Å²) in [5.41, 5.74) is 10.8. The van der Waals surface area contributed by atoms with Crippen LogP contribution in [-0.4, -0.2) is 114 Å². The van der Waals surface area contributed by atoms with Crippen LogP contribution >= 0.6 is 22.9 Å². The predicted molar refractivity (Wildman–Crippen MR) is 189 cm³/mol. The number of hydrogen-bond donors (Lipinski definition) is 2. The average Bonchev–Trinajstić information content (AvgIpc) is 3.42. The van der Waals surface area contributed by atoms with Gasteiger partial charge in [-0.05, 0) is 87.7 Å². The number of aryl methyl sites for hydroxylation is 1. The van der Waals surface area contributed by atoms with Gasteiger partial charge in [-0.2, -0.15) is 0 Å². The molecule has 12 heteroatoms. The quantitative estimate of drug-likeness (QED) is 0.389. The number of halogens is 1. The van der Waals surface area contributed by atoms with Gasteiger partial charge in [0.15, 0.2) is 0 Å². The first kappa shape index (κ1) is 34.0. The molecule has 4 aliphatic rings. The minimum atomic E-state index is -0.474. The van der Waals surface area contributed by atoms with Crippen molar-refractivity contribution < 1.29 is 14.4 Å². The van der Waals surface area contributed by atoms with Gasteiger partial charge in [0.25, 0.3) is 0 Å². The molecule has 3 saturated heterocycles. The maximum absolute atomic E-state index is 14.2. The molecule has 0 radical (unpaired) electrons. The van der Waals surface area contributed by atoms with E-state index in [1.54, 1.807) is 11.3 Å². The number of carbonyl (C=O) groups is 3. The first-order chi connectivity index (χ1) is 22.7. The van der Waals surface area contributed by atoms with Crippen LogP contribution < -0.4 is 11.1 Å². The van der Waals surface area contributed by atoms with Gasteiger partial charge in [-0.3, -0.25) is 14.5 Å². The number of rotatable bonds is 8. The summed E-state index contributed by atoms with van der Waals surface area (Å²) >= 11 is 8.12. The highest BCUT2D eigenvalue weighted by Gasteiger charge is 2.36. The molecule has 256 valence electrons. The summed E-state index contributed by atoms with van der Waals surface area (Å²) in [6.07, 6.45) is 5.92. The first-order valence-electron chi connectivity index (χ1n) is 17.4. The lowest BCUT2D eigenvalue weighted by atomic mass is 9.91. The molecule has 0 aliphatic carbocycles. The number of nitrogens with two attached hydrogens (primary N) is 1. The Morgan fingerprint density at radius 3 is 2.45 bits per heavy atom. The van der Waals surface area contributed by atoms with Gasteiger partial charge < -0.3 is 30.7 Å². The fourth-order valence-electron chi connectivity index (χ4n) is 7.88. The lowest BCUT2D eigenvalue weighted by Gasteiger charge is -2.41. The van der Waals surface area contributed by atoms with Crippen LogP contribution in [0.3, 0.4) is 0 Å². The number of amides is 4. The molecule has 0 unspecified atom stereocenters. The SMILES string of the molecule is CCc1cc(C[C@@H](CC(=O)N2CCC(N3Cc4cscc4NC3=O)CC2)C(=O)N2CCC(N3CCCN(C)CC3)CC2)cc(Cl)c1N. The summed E-state index contributed by atoms with van der Waals surface area (Å²) in [5, 5.41) is 7.57. The average molecular weight is 684 g/mol. The second-order valence-corrected chi connectivity index (χ2v) is 15.0. The molecular weight excluding hydrogens is 634 g/mol. The van der Waals surface area contributed by atoms with Crippen molar-refractivity contribution in [2.24, 2.45) is 5.92 Å². The number of piperidine rings is 2. The molecule has 6 rings (SSSR count). The number of carbonyl (C=O) groups excluding carboxylic acids is 3. The van der Waals surface area contributed by atoms with E-state index in [2.05, 4.69) is 27.5 Å². The van der Waals surface area contributed by atoms with Crippen molar-refractivity contribution in [1.29, 1.82) is 0 Å². The summed E-state index contributed by atoms with van der Waals surface area (Å²) < 4.78 is 0. The molecule has 0 saturated carbocycles. The van der Waals surface area contributed by atoms with E-state index in [-0.39, 0.29) is 30.3 Å². The van der Waals surface area contributed by atoms with Crippen molar-refractivity contribution >= 4 is 52.2 Å². The Balaban J connectivity index is 1.10. The van der Waals surface area contributed by atoms with Gasteiger partial charge in [0, 0.05) is 68.7 Å². The van der Waals surface area contributed by atoms with E-state index in [0.29, 0.717) is 42.8 Å². The fourth-order valence-corrected chi connectivity index (χ4v) is 8.92. The molecule has 47 heavy (non-hydrogen) atoms. The number of likely N-dealkylation sites (N-methyl/N-ethyl adjacent to an activating group) is 1. The highest BCUT2D eigenvalue weighted by molar-refractivity contribution is 7.08. The van der Waals surface area contributed by atoms with E-state index in [1.165, 1.54) is 6.42 Å². The summed E-state index contributed by atoms with van der Waals surface area (Å²) in [6.45, 7) is 9.67. The molecule has 1 atom stereocenters. The van der Waals surface area contributed by atoms with E-state index in [4.69, 9.17) is 17.3 Å². The van der Waals surface area contributed by atoms with Crippen LogP contribution in [-0.2, 0) is 29.0 Å². The second-order valence-electron chi connectivity index (χ2n) is 13.8. The van der Waals surface area contributed by atoms with Crippen molar-refractivity contribution in [1.82, 2.24) is 24.5 Å². The first-order valence-corrected chi connectivity index (χ1v) is 18.7. The van der Waals surface area contributed by atoms with Crippen LogP contribution in [0.5, 0.6) is 0 Å². The smallest absolute Gasteiger partial charge is 0.322 e. The molecule has 3 N–H and O–H groups in total. The van der Waals surface area contributed by atoms with Crippen molar-refractivity contribution in [2.75, 3.05) is 70.5 Å². The number of fused-ring (bicyclic) bond motifs is 1. The molecule has 1 aromatic heterocycles. The normalized spacial score (nSPS) is 21.3. The Hall–Kier alpha value is -2.86. The van der Waals surface area contributed by atoms with Crippen LogP contribution in [0.2, 0.25) is 5.02 Å². The van der Waals surface area contributed by atoms with E-state index < -0.39 is 5.92 Å². The zero-order valence-electron chi connectivity index (χ0n) is 27.9. The molecule has 3 fully saturated rings. The van der Waals surface area contributed by atoms with Crippen LogP contribution in [0, 0.1) is 5.92 Å². The molecule has 0 bridgehead atoms. The molecule has 4 amide bonds. The monoisotopic (exact) mass is 683 g/mol.